The molecular weight excluding hydrogens is 293 g/mol. The fourth-order valence-electron chi connectivity index (χ4n) is 2.97. The first-order valence-corrected chi connectivity index (χ1v) is 7.94. The molecule has 3 rings (SSSR count). The first kappa shape index (κ1) is 15.8. The molecule has 2 atom stereocenters. The molecule has 23 heavy (non-hydrogen) atoms. The van der Waals surface area contributed by atoms with Gasteiger partial charge in [-0.2, -0.15) is 0 Å². The normalized spacial score (nSPS) is 19.7. The molecule has 1 aromatic heterocycles. The van der Waals surface area contributed by atoms with Crippen molar-refractivity contribution in [3.8, 4) is 0 Å². The third kappa shape index (κ3) is 3.64. The predicted octanol–water partition coefficient (Wildman–Crippen LogP) is 2.59. The van der Waals surface area contributed by atoms with Crippen LogP contribution in [0.2, 0.25) is 0 Å². The van der Waals surface area contributed by atoms with Crippen LogP contribution in [0.1, 0.15) is 36.3 Å². The number of nitrogens with one attached hydrogen (secondary N) is 1. The van der Waals surface area contributed by atoms with Crippen LogP contribution in [0.25, 0.3) is 0 Å². The maximum atomic E-state index is 13.1. The lowest BCUT2D eigenvalue weighted by molar-refractivity contribution is 0.414. The Balaban J connectivity index is 1.87. The molecule has 2 heterocycles. The molecule has 0 bridgehead atoms. The summed E-state index contributed by atoms with van der Waals surface area (Å²) in [5.41, 5.74) is 1.80. The van der Waals surface area contributed by atoms with E-state index in [1.807, 2.05) is 13.8 Å². The van der Waals surface area contributed by atoms with Crippen molar-refractivity contribution in [2.24, 2.45) is 0 Å². The standard InChI is InChI=1S/C17H22FN5/c1-11(13-4-6-14(18)7-5-13)16-17(19-12(2)21-22-16)20-15-8-9-23(3)10-15/h4-7,11,15H,8-10H2,1-3H3,(H,19,20,21)/t11-,15?/m1/s1. The number of rotatable bonds is 4. The molecule has 6 heteroatoms. The van der Waals surface area contributed by atoms with Gasteiger partial charge in [-0.3, -0.25) is 0 Å². The van der Waals surface area contributed by atoms with Gasteiger partial charge >= 0.3 is 0 Å². The van der Waals surface area contributed by atoms with Gasteiger partial charge in [-0.25, -0.2) is 9.37 Å². The van der Waals surface area contributed by atoms with Crippen molar-refractivity contribution in [2.75, 3.05) is 25.5 Å². The Labute approximate surface area is 136 Å². The zero-order valence-corrected chi connectivity index (χ0v) is 13.8. The van der Waals surface area contributed by atoms with Gasteiger partial charge in [0.2, 0.25) is 0 Å². The van der Waals surface area contributed by atoms with E-state index in [1.54, 1.807) is 12.1 Å². The molecule has 1 unspecified atom stereocenters. The van der Waals surface area contributed by atoms with Gasteiger partial charge < -0.3 is 10.2 Å². The molecule has 1 saturated heterocycles. The van der Waals surface area contributed by atoms with E-state index in [1.165, 1.54) is 12.1 Å². The van der Waals surface area contributed by atoms with Crippen LogP contribution < -0.4 is 5.32 Å². The Kier molecular flexibility index (Phi) is 4.52. The van der Waals surface area contributed by atoms with Crippen LogP contribution in [-0.2, 0) is 0 Å². The van der Waals surface area contributed by atoms with E-state index in [9.17, 15) is 4.39 Å². The quantitative estimate of drug-likeness (QED) is 0.940. The number of likely N-dealkylation sites (N-methyl/N-ethyl adjacent to an activating group) is 1. The molecule has 122 valence electrons. The molecule has 1 aliphatic rings. The molecule has 5 nitrogen and oxygen atoms in total. The van der Waals surface area contributed by atoms with Gasteiger partial charge in [0.25, 0.3) is 0 Å². The first-order valence-electron chi connectivity index (χ1n) is 7.94. The predicted molar refractivity (Wildman–Crippen MR) is 88.0 cm³/mol. The molecule has 1 aromatic carbocycles. The van der Waals surface area contributed by atoms with E-state index >= 15 is 0 Å². The highest BCUT2D eigenvalue weighted by molar-refractivity contribution is 5.46. The maximum absolute atomic E-state index is 13.1. The van der Waals surface area contributed by atoms with E-state index in [2.05, 4.69) is 32.4 Å². The van der Waals surface area contributed by atoms with E-state index in [4.69, 9.17) is 0 Å². The fourth-order valence-corrected chi connectivity index (χ4v) is 2.97. The Bertz CT molecular complexity index is 673. The first-order chi connectivity index (χ1) is 11.0. The summed E-state index contributed by atoms with van der Waals surface area (Å²) in [6.07, 6.45) is 1.09. The second-order valence-corrected chi connectivity index (χ2v) is 6.26. The van der Waals surface area contributed by atoms with Crippen LogP contribution in [0.15, 0.2) is 24.3 Å². The zero-order chi connectivity index (χ0) is 16.4. The van der Waals surface area contributed by atoms with E-state index in [-0.39, 0.29) is 11.7 Å². The number of hydrogen-bond acceptors (Lipinski definition) is 5. The summed E-state index contributed by atoms with van der Waals surface area (Å²) >= 11 is 0. The van der Waals surface area contributed by atoms with Gasteiger partial charge in [-0.15, -0.1) is 10.2 Å². The van der Waals surface area contributed by atoms with Crippen molar-refractivity contribution in [1.82, 2.24) is 20.1 Å². The largest absolute Gasteiger partial charge is 0.364 e. The lowest BCUT2D eigenvalue weighted by Gasteiger charge is -2.19. The van der Waals surface area contributed by atoms with Crippen molar-refractivity contribution in [3.63, 3.8) is 0 Å². The van der Waals surface area contributed by atoms with Crippen molar-refractivity contribution in [1.29, 1.82) is 0 Å². The van der Waals surface area contributed by atoms with Crippen LogP contribution in [0.4, 0.5) is 10.2 Å². The summed E-state index contributed by atoms with van der Waals surface area (Å²) in [7, 11) is 2.12. The highest BCUT2D eigenvalue weighted by Gasteiger charge is 2.23. The smallest absolute Gasteiger partial charge is 0.152 e. The third-order valence-electron chi connectivity index (χ3n) is 4.33. The molecule has 1 aliphatic heterocycles. The number of likely N-dealkylation sites (tertiary alicyclic amines) is 1. The van der Waals surface area contributed by atoms with Crippen LogP contribution in [0, 0.1) is 12.7 Å². The number of hydrogen-bond donors (Lipinski definition) is 1. The number of aromatic nitrogens is 3. The number of nitrogens with zero attached hydrogens (tertiary/aromatic N) is 4. The molecule has 1 fully saturated rings. The number of halogens is 1. The lowest BCUT2D eigenvalue weighted by atomic mass is 9.97. The molecular formula is C17H22FN5. The summed E-state index contributed by atoms with van der Waals surface area (Å²) in [6, 6.07) is 6.89. The Morgan fingerprint density at radius 1 is 1.26 bits per heavy atom. The molecule has 0 aliphatic carbocycles. The van der Waals surface area contributed by atoms with Crippen LogP contribution >= 0.6 is 0 Å². The number of benzene rings is 1. The second kappa shape index (κ2) is 6.58. The summed E-state index contributed by atoms with van der Waals surface area (Å²) in [5, 5.41) is 12.0. The molecule has 2 aromatic rings. The Hall–Kier alpha value is -2.08. The average molecular weight is 315 g/mol. The molecule has 0 spiro atoms. The third-order valence-corrected chi connectivity index (χ3v) is 4.33. The molecule has 0 saturated carbocycles. The van der Waals surface area contributed by atoms with Crippen molar-refractivity contribution >= 4 is 5.82 Å². The van der Waals surface area contributed by atoms with Crippen LogP contribution in [-0.4, -0.2) is 46.3 Å². The fraction of sp³-hybridized carbons (Fsp3) is 0.471. The minimum atomic E-state index is -0.235. The minimum absolute atomic E-state index is 0.00201. The van der Waals surface area contributed by atoms with Crippen molar-refractivity contribution in [2.45, 2.75) is 32.2 Å². The highest BCUT2D eigenvalue weighted by atomic mass is 19.1. The van der Waals surface area contributed by atoms with Crippen molar-refractivity contribution < 1.29 is 4.39 Å². The van der Waals surface area contributed by atoms with Gasteiger partial charge in [-0.05, 0) is 44.6 Å². The van der Waals surface area contributed by atoms with Crippen molar-refractivity contribution in [3.05, 3.63) is 47.2 Å². The topological polar surface area (TPSA) is 53.9 Å². The van der Waals surface area contributed by atoms with E-state index < -0.39 is 0 Å². The van der Waals surface area contributed by atoms with E-state index in [0.29, 0.717) is 11.9 Å². The summed E-state index contributed by atoms with van der Waals surface area (Å²) < 4.78 is 13.1. The van der Waals surface area contributed by atoms with Gasteiger partial charge in [0.05, 0.1) is 0 Å². The lowest BCUT2D eigenvalue weighted by Crippen LogP contribution is -2.25. The van der Waals surface area contributed by atoms with Gasteiger partial charge in [0, 0.05) is 18.5 Å². The number of anilines is 1. The average Bonchev–Trinajstić information content (AvgIpc) is 2.93. The van der Waals surface area contributed by atoms with Crippen LogP contribution in [0.3, 0.4) is 0 Å². The monoisotopic (exact) mass is 315 g/mol. The maximum Gasteiger partial charge on any atom is 0.152 e. The van der Waals surface area contributed by atoms with E-state index in [0.717, 1.165) is 36.6 Å². The summed E-state index contributed by atoms with van der Waals surface area (Å²) in [5.74, 6) is 1.20. The second-order valence-electron chi connectivity index (χ2n) is 6.26. The zero-order valence-electron chi connectivity index (χ0n) is 13.8. The molecule has 0 radical (unpaired) electrons. The summed E-state index contributed by atoms with van der Waals surface area (Å²) in [6.45, 7) is 5.96. The van der Waals surface area contributed by atoms with Crippen LogP contribution in [0.5, 0.6) is 0 Å². The van der Waals surface area contributed by atoms with Gasteiger partial charge in [0.1, 0.15) is 17.3 Å². The molecule has 1 N–H and O–H groups in total. The molecule has 0 amide bonds. The Morgan fingerprint density at radius 2 is 2.00 bits per heavy atom. The summed E-state index contributed by atoms with van der Waals surface area (Å²) in [4.78, 5) is 6.84. The Morgan fingerprint density at radius 3 is 2.65 bits per heavy atom. The van der Waals surface area contributed by atoms with Gasteiger partial charge in [-0.1, -0.05) is 19.1 Å². The SMILES string of the molecule is Cc1nnc([C@H](C)c2ccc(F)cc2)c(NC2CCN(C)C2)n1. The minimum Gasteiger partial charge on any atom is -0.364 e. The number of aryl methyl sites for hydroxylation is 1. The highest BCUT2D eigenvalue weighted by Crippen LogP contribution is 2.28. The van der Waals surface area contributed by atoms with Gasteiger partial charge in [0.15, 0.2) is 5.82 Å².